The molecule has 0 unspecified atom stereocenters. The molecular formula is C13H11BrFN3OS. The van der Waals surface area contributed by atoms with Crippen LogP contribution in [0, 0.1) is 5.82 Å². The molecule has 3 aromatic rings. The number of methoxy groups -OCH3 is 1. The average Bonchev–Trinajstić information content (AvgIpc) is 2.94. The van der Waals surface area contributed by atoms with E-state index in [1.165, 1.54) is 13.2 Å². The van der Waals surface area contributed by atoms with Gasteiger partial charge in [0.2, 0.25) is 5.95 Å². The maximum atomic E-state index is 13.7. The molecule has 0 aliphatic carbocycles. The van der Waals surface area contributed by atoms with Gasteiger partial charge in [-0.3, -0.25) is 0 Å². The molecule has 0 atom stereocenters. The van der Waals surface area contributed by atoms with E-state index >= 15 is 0 Å². The Morgan fingerprint density at radius 1 is 1.45 bits per heavy atom. The smallest absolute Gasteiger partial charge is 0.201 e. The number of nitrogens with zero attached hydrogens (tertiary/aromatic N) is 2. The largest absolute Gasteiger partial charge is 0.494 e. The third-order valence-electron chi connectivity index (χ3n) is 2.99. The number of halogens is 2. The van der Waals surface area contributed by atoms with Crippen molar-refractivity contribution >= 4 is 44.2 Å². The molecule has 2 aromatic heterocycles. The molecule has 0 aliphatic heterocycles. The summed E-state index contributed by atoms with van der Waals surface area (Å²) in [7, 11) is 1.44. The summed E-state index contributed by atoms with van der Waals surface area (Å²) in [4.78, 5) is 5.32. The molecule has 0 aliphatic rings. The highest BCUT2D eigenvalue weighted by atomic mass is 79.9. The Kier molecular flexibility index (Phi) is 3.39. The highest BCUT2D eigenvalue weighted by Crippen LogP contribution is 2.28. The molecule has 20 heavy (non-hydrogen) atoms. The first-order valence-corrected chi connectivity index (χ1v) is 7.48. The summed E-state index contributed by atoms with van der Waals surface area (Å²) in [6, 6.07) is 4.98. The van der Waals surface area contributed by atoms with Crippen molar-refractivity contribution in [2.45, 2.75) is 6.54 Å². The molecule has 0 saturated heterocycles. The third-order valence-corrected chi connectivity index (χ3v) is 4.67. The van der Waals surface area contributed by atoms with Gasteiger partial charge in [0.25, 0.3) is 0 Å². The number of thiophene rings is 1. The Morgan fingerprint density at radius 3 is 2.90 bits per heavy atom. The predicted octanol–water partition coefficient (Wildman–Crippen LogP) is 3.64. The molecule has 0 amide bonds. The van der Waals surface area contributed by atoms with E-state index in [0.717, 1.165) is 14.9 Å². The van der Waals surface area contributed by atoms with Crippen LogP contribution in [-0.4, -0.2) is 16.7 Å². The number of imidazole rings is 1. The minimum Gasteiger partial charge on any atom is -0.494 e. The number of hydrogen-bond acceptors (Lipinski definition) is 4. The van der Waals surface area contributed by atoms with Crippen LogP contribution in [0.1, 0.15) is 4.88 Å². The van der Waals surface area contributed by atoms with E-state index in [2.05, 4.69) is 20.9 Å². The summed E-state index contributed by atoms with van der Waals surface area (Å²) in [5, 5.41) is 2.00. The zero-order chi connectivity index (χ0) is 14.3. The maximum Gasteiger partial charge on any atom is 0.201 e. The first-order valence-electron chi connectivity index (χ1n) is 5.80. The molecular weight excluding hydrogens is 345 g/mol. The Morgan fingerprint density at radius 2 is 2.25 bits per heavy atom. The van der Waals surface area contributed by atoms with E-state index in [-0.39, 0.29) is 5.75 Å². The van der Waals surface area contributed by atoms with Gasteiger partial charge < -0.3 is 15.0 Å². The van der Waals surface area contributed by atoms with Crippen molar-refractivity contribution < 1.29 is 9.13 Å². The molecule has 0 bridgehead atoms. The second-order valence-corrected chi connectivity index (χ2v) is 6.17. The van der Waals surface area contributed by atoms with Crippen molar-refractivity contribution in [3.05, 3.63) is 38.7 Å². The van der Waals surface area contributed by atoms with Gasteiger partial charge in [-0.25, -0.2) is 9.37 Å². The van der Waals surface area contributed by atoms with Crippen LogP contribution in [0.3, 0.4) is 0 Å². The molecule has 7 heteroatoms. The van der Waals surface area contributed by atoms with Crippen LogP contribution in [0.4, 0.5) is 10.3 Å². The highest BCUT2D eigenvalue weighted by molar-refractivity contribution is 9.10. The summed E-state index contributed by atoms with van der Waals surface area (Å²) in [5.74, 6) is 0.103. The molecule has 104 valence electrons. The lowest BCUT2D eigenvalue weighted by atomic mass is 10.3. The lowest BCUT2D eigenvalue weighted by molar-refractivity contribution is 0.387. The standard InChI is InChI=1S/C13H11BrFN3OS/c1-19-12-4-11-10(3-9(12)15)17-13(16)18(11)5-8-2-7(14)6-20-8/h2-4,6H,5H2,1H3,(H2,16,17). The SMILES string of the molecule is COc1cc2c(cc1F)nc(N)n2Cc1cc(Br)cs1. The first-order chi connectivity index (χ1) is 9.58. The number of aromatic nitrogens is 2. The number of rotatable bonds is 3. The predicted molar refractivity (Wildman–Crippen MR) is 81.8 cm³/mol. The van der Waals surface area contributed by atoms with Gasteiger partial charge >= 0.3 is 0 Å². The number of nitrogen functional groups attached to an aromatic ring is 1. The maximum absolute atomic E-state index is 13.7. The quantitative estimate of drug-likeness (QED) is 0.780. The fraction of sp³-hybridized carbons (Fsp3) is 0.154. The van der Waals surface area contributed by atoms with Gasteiger partial charge in [0.05, 0.1) is 24.7 Å². The van der Waals surface area contributed by atoms with Gasteiger partial charge in [0, 0.05) is 26.9 Å². The minimum atomic E-state index is -0.441. The van der Waals surface area contributed by atoms with Crippen molar-refractivity contribution in [3.63, 3.8) is 0 Å². The van der Waals surface area contributed by atoms with Crippen molar-refractivity contribution in [3.8, 4) is 5.75 Å². The first kappa shape index (κ1) is 13.4. The number of anilines is 1. The van der Waals surface area contributed by atoms with Crippen LogP contribution in [0.15, 0.2) is 28.1 Å². The average molecular weight is 356 g/mol. The number of nitrogens with two attached hydrogens (primary N) is 1. The summed E-state index contributed by atoms with van der Waals surface area (Å²) in [5.41, 5.74) is 7.21. The van der Waals surface area contributed by atoms with Gasteiger partial charge in [-0.05, 0) is 22.0 Å². The summed E-state index contributed by atoms with van der Waals surface area (Å²) < 4.78 is 21.6. The molecule has 0 spiro atoms. The Bertz CT molecular complexity index is 783. The van der Waals surface area contributed by atoms with E-state index in [4.69, 9.17) is 10.5 Å². The van der Waals surface area contributed by atoms with Crippen molar-refractivity contribution in [1.29, 1.82) is 0 Å². The highest BCUT2D eigenvalue weighted by Gasteiger charge is 2.13. The fourth-order valence-corrected chi connectivity index (χ4v) is 3.50. The molecule has 0 fully saturated rings. The van der Waals surface area contributed by atoms with Gasteiger partial charge in [0.15, 0.2) is 11.6 Å². The molecule has 1 aromatic carbocycles. The van der Waals surface area contributed by atoms with Crippen LogP contribution in [0.2, 0.25) is 0 Å². The molecule has 2 N–H and O–H groups in total. The Labute approximate surface area is 127 Å². The summed E-state index contributed by atoms with van der Waals surface area (Å²) in [6.45, 7) is 0.591. The summed E-state index contributed by atoms with van der Waals surface area (Å²) >= 11 is 5.04. The third kappa shape index (κ3) is 2.27. The van der Waals surface area contributed by atoms with Crippen molar-refractivity contribution in [2.75, 3.05) is 12.8 Å². The molecule has 4 nitrogen and oxygen atoms in total. The van der Waals surface area contributed by atoms with E-state index in [9.17, 15) is 4.39 Å². The normalized spacial score (nSPS) is 11.2. The number of ether oxygens (including phenoxy) is 1. The lowest BCUT2D eigenvalue weighted by Gasteiger charge is -2.06. The number of benzene rings is 1. The number of hydrogen-bond donors (Lipinski definition) is 1. The molecule has 0 saturated carbocycles. The lowest BCUT2D eigenvalue weighted by Crippen LogP contribution is -2.03. The van der Waals surface area contributed by atoms with Crippen molar-refractivity contribution in [1.82, 2.24) is 9.55 Å². The van der Waals surface area contributed by atoms with Crippen LogP contribution in [0.5, 0.6) is 5.75 Å². The molecule has 0 radical (unpaired) electrons. The van der Waals surface area contributed by atoms with Gasteiger partial charge in [-0.15, -0.1) is 11.3 Å². The van der Waals surface area contributed by atoms with E-state index < -0.39 is 5.82 Å². The van der Waals surface area contributed by atoms with Crippen LogP contribution in [-0.2, 0) is 6.54 Å². The van der Waals surface area contributed by atoms with Crippen LogP contribution < -0.4 is 10.5 Å². The van der Waals surface area contributed by atoms with Gasteiger partial charge in [-0.1, -0.05) is 0 Å². The topological polar surface area (TPSA) is 53.1 Å². The Hall–Kier alpha value is -1.60. The van der Waals surface area contributed by atoms with Crippen LogP contribution >= 0.6 is 27.3 Å². The van der Waals surface area contributed by atoms with E-state index in [1.807, 2.05) is 16.0 Å². The second kappa shape index (κ2) is 5.06. The summed E-state index contributed by atoms with van der Waals surface area (Å²) in [6.07, 6.45) is 0. The van der Waals surface area contributed by atoms with E-state index in [1.54, 1.807) is 17.4 Å². The minimum absolute atomic E-state index is 0.186. The second-order valence-electron chi connectivity index (χ2n) is 4.26. The van der Waals surface area contributed by atoms with Gasteiger partial charge in [0.1, 0.15) is 0 Å². The zero-order valence-corrected chi connectivity index (χ0v) is 13.0. The Balaban J connectivity index is 2.11. The van der Waals surface area contributed by atoms with Crippen molar-refractivity contribution in [2.24, 2.45) is 0 Å². The zero-order valence-electron chi connectivity index (χ0n) is 10.6. The number of fused-ring (bicyclic) bond motifs is 1. The fourth-order valence-electron chi connectivity index (χ4n) is 2.06. The van der Waals surface area contributed by atoms with Gasteiger partial charge in [-0.2, -0.15) is 0 Å². The molecule has 3 rings (SSSR count). The monoisotopic (exact) mass is 355 g/mol. The van der Waals surface area contributed by atoms with Crippen LogP contribution in [0.25, 0.3) is 11.0 Å². The molecule has 2 heterocycles. The van der Waals surface area contributed by atoms with E-state index in [0.29, 0.717) is 18.0 Å².